The number of hydrogen-bond acceptors (Lipinski definition) is 2. The first-order valence-electron chi connectivity index (χ1n) is 8.72. The summed E-state index contributed by atoms with van der Waals surface area (Å²) in [7, 11) is 0. The Morgan fingerprint density at radius 1 is 0.630 bits per heavy atom. The zero-order valence-electron chi connectivity index (χ0n) is 14.6. The van der Waals surface area contributed by atoms with E-state index in [9.17, 15) is 9.59 Å². The van der Waals surface area contributed by atoms with Crippen LogP contribution in [0.5, 0.6) is 0 Å². The molecule has 0 saturated carbocycles. The highest BCUT2D eigenvalue weighted by atomic mass is 16.1. The first-order chi connectivity index (χ1) is 13.3. The van der Waals surface area contributed by atoms with Crippen molar-refractivity contribution in [3.8, 4) is 16.9 Å². The summed E-state index contributed by atoms with van der Waals surface area (Å²) in [5, 5.41) is 0. The predicted octanol–water partition coefficient (Wildman–Crippen LogP) is 4.74. The Morgan fingerprint density at radius 2 is 1.19 bits per heavy atom. The summed E-state index contributed by atoms with van der Waals surface area (Å²) in [6, 6.07) is 31.1. The molecule has 0 radical (unpaired) electrons. The Bertz CT molecular complexity index is 1130. The van der Waals surface area contributed by atoms with Crippen LogP contribution in [0, 0.1) is 0 Å². The molecule has 0 aliphatic rings. The van der Waals surface area contributed by atoms with E-state index in [0.717, 1.165) is 11.3 Å². The lowest BCUT2D eigenvalue weighted by atomic mass is 9.97. The summed E-state index contributed by atoms with van der Waals surface area (Å²) in [6.45, 7) is 0. The number of carbonyl (C=O) groups excluding carboxylic acids is 1. The fraction of sp³-hybridized carbons (Fsp3) is 0. The average molecular weight is 351 g/mol. The van der Waals surface area contributed by atoms with Crippen molar-refractivity contribution in [1.82, 2.24) is 4.57 Å². The Balaban J connectivity index is 2.03. The monoisotopic (exact) mass is 351 g/mol. The third-order valence-electron chi connectivity index (χ3n) is 4.43. The van der Waals surface area contributed by atoms with Crippen LogP contribution in [0.1, 0.15) is 15.9 Å². The van der Waals surface area contributed by atoms with Crippen molar-refractivity contribution in [1.29, 1.82) is 0 Å². The van der Waals surface area contributed by atoms with Crippen LogP contribution < -0.4 is 5.56 Å². The number of hydrogen-bond donors (Lipinski definition) is 0. The minimum atomic E-state index is -0.176. The van der Waals surface area contributed by atoms with E-state index >= 15 is 0 Å². The molecule has 130 valence electrons. The van der Waals surface area contributed by atoms with E-state index in [1.165, 1.54) is 6.07 Å². The Labute approximate surface area is 157 Å². The van der Waals surface area contributed by atoms with Crippen molar-refractivity contribution < 1.29 is 4.79 Å². The molecule has 3 aromatic carbocycles. The molecule has 0 unspecified atom stereocenters. The SMILES string of the molecule is O=C(c1ccccc1)c1ccc(=O)n(-c2ccccc2)c1-c1ccccc1. The molecule has 1 aromatic heterocycles. The van der Waals surface area contributed by atoms with Crippen LogP contribution >= 0.6 is 0 Å². The van der Waals surface area contributed by atoms with Crippen LogP contribution in [0.15, 0.2) is 108 Å². The summed E-state index contributed by atoms with van der Waals surface area (Å²) < 4.78 is 1.60. The second kappa shape index (κ2) is 7.26. The van der Waals surface area contributed by atoms with Gasteiger partial charge in [0.15, 0.2) is 5.78 Å². The van der Waals surface area contributed by atoms with Gasteiger partial charge in [-0.3, -0.25) is 14.2 Å². The molecule has 3 nitrogen and oxygen atoms in total. The molecule has 27 heavy (non-hydrogen) atoms. The van der Waals surface area contributed by atoms with Crippen molar-refractivity contribution in [3.63, 3.8) is 0 Å². The molecule has 0 fully saturated rings. The second-order valence-electron chi connectivity index (χ2n) is 6.17. The van der Waals surface area contributed by atoms with Crippen LogP contribution in [-0.2, 0) is 0 Å². The van der Waals surface area contributed by atoms with Gasteiger partial charge in [-0.05, 0) is 23.8 Å². The van der Waals surface area contributed by atoms with E-state index < -0.39 is 0 Å². The molecule has 3 heteroatoms. The number of ketones is 1. The highest BCUT2D eigenvalue weighted by Crippen LogP contribution is 2.27. The molecule has 0 N–H and O–H groups in total. The van der Waals surface area contributed by atoms with Gasteiger partial charge >= 0.3 is 0 Å². The lowest BCUT2D eigenvalue weighted by Crippen LogP contribution is -2.22. The Hall–Kier alpha value is -3.72. The number of para-hydroxylation sites is 1. The van der Waals surface area contributed by atoms with Crippen LogP contribution in [0.25, 0.3) is 16.9 Å². The van der Waals surface area contributed by atoms with Gasteiger partial charge in [-0.15, -0.1) is 0 Å². The summed E-state index contributed by atoms with van der Waals surface area (Å²) in [6.07, 6.45) is 0. The van der Waals surface area contributed by atoms with E-state index in [1.807, 2.05) is 78.9 Å². The van der Waals surface area contributed by atoms with Gasteiger partial charge in [0.25, 0.3) is 5.56 Å². The fourth-order valence-electron chi connectivity index (χ4n) is 3.18. The van der Waals surface area contributed by atoms with Crippen molar-refractivity contribution >= 4 is 5.78 Å². The van der Waals surface area contributed by atoms with Crippen molar-refractivity contribution in [2.75, 3.05) is 0 Å². The van der Waals surface area contributed by atoms with Crippen molar-refractivity contribution in [2.45, 2.75) is 0 Å². The minimum absolute atomic E-state index is 0.112. The number of carbonyl (C=O) groups is 1. The fourth-order valence-corrected chi connectivity index (χ4v) is 3.18. The molecule has 0 saturated heterocycles. The maximum absolute atomic E-state index is 13.2. The minimum Gasteiger partial charge on any atom is -0.289 e. The van der Waals surface area contributed by atoms with Crippen LogP contribution in [0.3, 0.4) is 0 Å². The summed E-state index contributed by atoms with van der Waals surface area (Å²) >= 11 is 0. The van der Waals surface area contributed by atoms with E-state index in [0.29, 0.717) is 16.8 Å². The predicted molar refractivity (Wildman–Crippen MR) is 107 cm³/mol. The van der Waals surface area contributed by atoms with Gasteiger partial charge in [-0.25, -0.2) is 0 Å². The third kappa shape index (κ3) is 3.23. The topological polar surface area (TPSA) is 39.1 Å². The number of benzene rings is 3. The van der Waals surface area contributed by atoms with Crippen LogP contribution in [0.4, 0.5) is 0 Å². The summed E-state index contributed by atoms with van der Waals surface area (Å²) in [5.41, 5.74) is 3.05. The van der Waals surface area contributed by atoms with Crippen molar-refractivity contribution in [3.05, 3.63) is 125 Å². The molecular weight excluding hydrogens is 334 g/mol. The number of pyridine rings is 1. The lowest BCUT2D eigenvalue weighted by molar-refractivity contribution is 0.103. The Morgan fingerprint density at radius 3 is 1.81 bits per heavy atom. The van der Waals surface area contributed by atoms with Gasteiger partial charge in [0, 0.05) is 22.9 Å². The molecule has 1 heterocycles. The maximum Gasteiger partial charge on any atom is 0.255 e. The van der Waals surface area contributed by atoms with Crippen molar-refractivity contribution in [2.24, 2.45) is 0 Å². The average Bonchev–Trinajstić information content (AvgIpc) is 2.75. The quantitative estimate of drug-likeness (QED) is 0.498. The largest absolute Gasteiger partial charge is 0.289 e. The zero-order chi connectivity index (χ0) is 18.6. The highest BCUT2D eigenvalue weighted by molar-refractivity contribution is 6.12. The molecule has 0 aliphatic carbocycles. The Kier molecular flexibility index (Phi) is 4.50. The van der Waals surface area contributed by atoms with E-state index in [4.69, 9.17) is 0 Å². The molecular formula is C24H17NO2. The van der Waals surface area contributed by atoms with Crippen LogP contribution in [0.2, 0.25) is 0 Å². The highest BCUT2D eigenvalue weighted by Gasteiger charge is 2.19. The number of aromatic nitrogens is 1. The summed E-state index contributed by atoms with van der Waals surface area (Å²) in [4.78, 5) is 26.0. The smallest absolute Gasteiger partial charge is 0.255 e. The third-order valence-corrected chi connectivity index (χ3v) is 4.43. The lowest BCUT2D eigenvalue weighted by Gasteiger charge is -2.17. The first-order valence-corrected chi connectivity index (χ1v) is 8.72. The van der Waals surface area contributed by atoms with Gasteiger partial charge in [0.05, 0.1) is 5.69 Å². The van der Waals surface area contributed by atoms with E-state index in [-0.39, 0.29) is 11.3 Å². The number of nitrogens with zero attached hydrogens (tertiary/aromatic N) is 1. The van der Waals surface area contributed by atoms with Crippen LogP contribution in [-0.4, -0.2) is 10.4 Å². The zero-order valence-corrected chi connectivity index (χ0v) is 14.6. The van der Waals surface area contributed by atoms with Gasteiger partial charge < -0.3 is 0 Å². The van der Waals surface area contributed by atoms with Gasteiger partial charge in [0.1, 0.15) is 0 Å². The normalized spacial score (nSPS) is 10.5. The maximum atomic E-state index is 13.2. The molecule has 4 rings (SSSR count). The van der Waals surface area contributed by atoms with E-state index in [2.05, 4.69) is 0 Å². The second-order valence-corrected chi connectivity index (χ2v) is 6.17. The molecule has 4 aromatic rings. The molecule has 0 bridgehead atoms. The van der Waals surface area contributed by atoms with E-state index in [1.54, 1.807) is 22.8 Å². The van der Waals surface area contributed by atoms with Gasteiger partial charge in [-0.2, -0.15) is 0 Å². The number of rotatable bonds is 4. The molecule has 0 spiro atoms. The summed E-state index contributed by atoms with van der Waals surface area (Å²) in [5.74, 6) is -0.112. The first kappa shape index (κ1) is 16.7. The van der Waals surface area contributed by atoms with Gasteiger partial charge in [-0.1, -0.05) is 78.9 Å². The molecule has 0 aliphatic heterocycles. The molecule has 0 amide bonds. The standard InChI is InChI=1S/C24H17NO2/c26-22-17-16-21(24(27)19-12-6-2-7-13-19)23(18-10-4-1-5-11-18)25(22)20-14-8-3-9-15-20/h1-17H. The molecule has 0 atom stereocenters. The van der Waals surface area contributed by atoms with Gasteiger partial charge in [0.2, 0.25) is 0 Å².